The van der Waals surface area contributed by atoms with E-state index >= 15 is 0 Å². The summed E-state index contributed by atoms with van der Waals surface area (Å²) >= 11 is 3.48. The fourth-order valence-electron chi connectivity index (χ4n) is 4.03. The SMILES string of the molecule is CCC(Cc1cccc(Br)c1)C(=O)N1CCC2(CC1)CC2C(=O)O. The predicted octanol–water partition coefficient (Wildman–Crippen LogP) is 3.73. The van der Waals surface area contributed by atoms with Crippen molar-refractivity contribution < 1.29 is 14.7 Å². The molecule has 0 bridgehead atoms. The van der Waals surface area contributed by atoms with Gasteiger partial charge in [0.05, 0.1) is 5.92 Å². The summed E-state index contributed by atoms with van der Waals surface area (Å²) in [6, 6.07) is 8.13. The Kier molecular flexibility index (Phi) is 5.00. The smallest absolute Gasteiger partial charge is 0.307 e. The number of aliphatic carboxylic acids is 1. The molecule has 2 atom stereocenters. The van der Waals surface area contributed by atoms with Crippen LogP contribution in [0.5, 0.6) is 0 Å². The molecule has 2 fully saturated rings. The number of nitrogens with zero attached hydrogens (tertiary/aromatic N) is 1. The van der Waals surface area contributed by atoms with E-state index in [1.807, 2.05) is 17.0 Å². The lowest BCUT2D eigenvalue weighted by atomic mass is 9.89. The minimum Gasteiger partial charge on any atom is -0.481 e. The number of carboxylic acids is 1. The molecule has 0 radical (unpaired) electrons. The maximum atomic E-state index is 12.9. The third kappa shape index (κ3) is 3.51. The predicted molar refractivity (Wildman–Crippen MR) is 95.6 cm³/mol. The van der Waals surface area contributed by atoms with Crippen LogP contribution in [0.15, 0.2) is 28.7 Å². The van der Waals surface area contributed by atoms with Crippen LogP contribution in [0.25, 0.3) is 0 Å². The molecule has 5 heteroatoms. The molecule has 1 aromatic carbocycles. The zero-order valence-electron chi connectivity index (χ0n) is 14.0. The normalized spacial score (nSPS) is 23.1. The molecule has 1 heterocycles. The molecule has 1 aromatic rings. The molecular formula is C19H24BrNO3. The van der Waals surface area contributed by atoms with Gasteiger partial charge < -0.3 is 10.0 Å². The summed E-state index contributed by atoms with van der Waals surface area (Å²) in [7, 11) is 0. The Morgan fingerprint density at radius 2 is 2.08 bits per heavy atom. The molecule has 0 aromatic heterocycles. The number of likely N-dealkylation sites (tertiary alicyclic amines) is 1. The van der Waals surface area contributed by atoms with Crippen molar-refractivity contribution in [1.82, 2.24) is 4.90 Å². The Balaban J connectivity index is 1.58. The van der Waals surface area contributed by atoms with Crippen molar-refractivity contribution in [2.75, 3.05) is 13.1 Å². The zero-order valence-corrected chi connectivity index (χ0v) is 15.6. The van der Waals surface area contributed by atoms with Crippen LogP contribution in [-0.4, -0.2) is 35.0 Å². The first-order chi connectivity index (χ1) is 11.4. The Hall–Kier alpha value is -1.36. The van der Waals surface area contributed by atoms with E-state index < -0.39 is 5.97 Å². The number of carbonyl (C=O) groups is 2. The van der Waals surface area contributed by atoms with Gasteiger partial charge in [-0.3, -0.25) is 9.59 Å². The average molecular weight is 394 g/mol. The average Bonchev–Trinajstić information content (AvgIpc) is 3.27. The second-order valence-corrected chi connectivity index (χ2v) is 8.14. The quantitative estimate of drug-likeness (QED) is 0.828. The first-order valence-corrected chi connectivity index (χ1v) is 9.50. The van der Waals surface area contributed by atoms with Gasteiger partial charge in [-0.05, 0) is 55.2 Å². The molecule has 1 spiro atoms. The summed E-state index contributed by atoms with van der Waals surface area (Å²) in [6.45, 7) is 3.47. The lowest BCUT2D eigenvalue weighted by Gasteiger charge is -2.34. The molecular weight excluding hydrogens is 370 g/mol. The van der Waals surface area contributed by atoms with Gasteiger partial charge in [-0.15, -0.1) is 0 Å². The summed E-state index contributed by atoms with van der Waals surface area (Å²) in [5.74, 6) is -0.628. The highest BCUT2D eigenvalue weighted by Crippen LogP contribution is 2.59. The van der Waals surface area contributed by atoms with Gasteiger partial charge in [-0.1, -0.05) is 35.0 Å². The molecule has 2 unspecified atom stereocenters. The first-order valence-electron chi connectivity index (χ1n) is 8.71. The molecule has 1 aliphatic carbocycles. The molecule has 1 saturated heterocycles. The van der Waals surface area contributed by atoms with E-state index in [1.54, 1.807) is 0 Å². The monoisotopic (exact) mass is 393 g/mol. The van der Waals surface area contributed by atoms with E-state index in [9.17, 15) is 14.7 Å². The third-order valence-corrected chi connectivity index (χ3v) is 6.27. The molecule has 130 valence electrons. The standard InChI is InChI=1S/C19H24BrNO3/c1-2-14(10-13-4-3-5-15(20)11-13)17(22)21-8-6-19(7-9-21)12-16(19)18(23)24/h3-5,11,14,16H,2,6-10,12H2,1H3,(H,23,24). The summed E-state index contributed by atoms with van der Waals surface area (Å²) < 4.78 is 1.04. The fourth-order valence-corrected chi connectivity index (χ4v) is 4.48. The Labute approximate surface area is 151 Å². The number of carbonyl (C=O) groups excluding carboxylic acids is 1. The van der Waals surface area contributed by atoms with E-state index in [-0.39, 0.29) is 23.2 Å². The number of hydrogen-bond acceptors (Lipinski definition) is 2. The minimum atomic E-state index is -0.670. The first kappa shape index (κ1) is 17.5. The molecule has 24 heavy (non-hydrogen) atoms. The number of piperidine rings is 1. The van der Waals surface area contributed by atoms with Gasteiger partial charge in [0.15, 0.2) is 0 Å². The van der Waals surface area contributed by atoms with Crippen LogP contribution in [0, 0.1) is 17.3 Å². The maximum Gasteiger partial charge on any atom is 0.307 e. The largest absolute Gasteiger partial charge is 0.481 e. The van der Waals surface area contributed by atoms with Crippen LogP contribution in [0.4, 0.5) is 0 Å². The maximum absolute atomic E-state index is 12.9. The number of hydrogen-bond donors (Lipinski definition) is 1. The number of rotatable bonds is 5. The van der Waals surface area contributed by atoms with Crippen molar-refractivity contribution in [3.05, 3.63) is 34.3 Å². The molecule has 1 amide bonds. The van der Waals surface area contributed by atoms with E-state index in [4.69, 9.17) is 0 Å². The number of carboxylic acid groups (broad SMARTS) is 1. The van der Waals surface area contributed by atoms with Crippen molar-refractivity contribution in [2.45, 2.75) is 39.0 Å². The van der Waals surface area contributed by atoms with Gasteiger partial charge >= 0.3 is 5.97 Å². The van der Waals surface area contributed by atoms with Crippen molar-refractivity contribution in [2.24, 2.45) is 17.3 Å². The van der Waals surface area contributed by atoms with Crippen LogP contribution in [0.3, 0.4) is 0 Å². The number of halogens is 1. The zero-order chi connectivity index (χ0) is 17.3. The Bertz CT molecular complexity index is 637. The lowest BCUT2D eigenvalue weighted by molar-refractivity contribution is -0.140. The fraction of sp³-hybridized carbons (Fsp3) is 0.579. The van der Waals surface area contributed by atoms with E-state index in [1.165, 1.54) is 5.56 Å². The van der Waals surface area contributed by atoms with Gasteiger partial charge in [0.2, 0.25) is 5.91 Å². The molecule has 1 saturated carbocycles. The van der Waals surface area contributed by atoms with Crippen LogP contribution in [0.1, 0.15) is 38.2 Å². The van der Waals surface area contributed by atoms with Crippen LogP contribution >= 0.6 is 15.9 Å². The van der Waals surface area contributed by atoms with E-state index in [0.717, 1.165) is 36.6 Å². The Morgan fingerprint density at radius 3 is 2.62 bits per heavy atom. The van der Waals surface area contributed by atoms with E-state index in [2.05, 4.69) is 35.0 Å². The van der Waals surface area contributed by atoms with Crippen LogP contribution in [-0.2, 0) is 16.0 Å². The summed E-state index contributed by atoms with van der Waals surface area (Å²) in [5, 5.41) is 9.17. The van der Waals surface area contributed by atoms with Gasteiger partial charge in [0, 0.05) is 23.5 Å². The van der Waals surface area contributed by atoms with Gasteiger partial charge in [-0.25, -0.2) is 0 Å². The number of amides is 1. The Morgan fingerprint density at radius 1 is 1.38 bits per heavy atom. The van der Waals surface area contributed by atoms with Crippen molar-refractivity contribution >= 4 is 27.8 Å². The molecule has 1 N–H and O–H groups in total. The molecule has 3 rings (SSSR count). The second kappa shape index (κ2) is 6.87. The van der Waals surface area contributed by atoms with E-state index in [0.29, 0.717) is 13.1 Å². The highest BCUT2D eigenvalue weighted by molar-refractivity contribution is 9.10. The van der Waals surface area contributed by atoms with Gasteiger partial charge in [0.1, 0.15) is 0 Å². The van der Waals surface area contributed by atoms with Crippen LogP contribution < -0.4 is 0 Å². The van der Waals surface area contributed by atoms with Crippen LogP contribution in [0.2, 0.25) is 0 Å². The third-order valence-electron chi connectivity index (χ3n) is 5.77. The summed E-state index contributed by atoms with van der Waals surface area (Å²) in [6.07, 6.45) is 4.05. The van der Waals surface area contributed by atoms with Crippen molar-refractivity contribution in [3.63, 3.8) is 0 Å². The molecule has 2 aliphatic rings. The molecule has 4 nitrogen and oxygen atoms in total. The van der Waals surface area contributed by atoms with Gasteiger partial charge in [0.25, 0.3) is 0 Å². The number of benzene rings is 1. The topological polar surface area (TPSA) is 57.6 Å². The molecule has 1 aliphatic heterocycles. The second-order valence-electron chi connectivity index (χ2n) is 7.22. The lowest BCUT2D eigenvalue weighted by Crippen LogP contribution is -2.43. The van der Waals surface area contributed by atoms with Crippen molar-refractivity contribution in [1.29, 1.82) is 0 Å². The highest BCUT2D eigenvalue weighted by Gasteiger charge is 2.59. The van der Waals surface area contributed by atoms with Gasteiger partial charge in [-0.2, -0.15) is 0 Å². The highest BCUT2D eigenvalue weighted by atomic mass is 79.9. The van der Waals surface area contributed by atoms with Crippen molar-refractivity contribution in [3.8, 4) is 0 Å². The summed E-state index contributed by atoms with van der Waals surface area (Å²) in [4.78, 5) is 26.0. The minimum absolute atomic E-state index is 0.00261. The summed E-state index contributed by atoms with van der Waals surface area (Å²) in [5.41, 5.74) is 1.15.